The summed E-state index contributed by atoms with van der Waals surface area (Å²) < 4.78 is 5.08. The molecule has 0 bridgehead atoms. The van der Waals surface area contributed by atoms with Gasteiger partial charge in [0.05, 0.1) is 12.6 Å². The third-order valence-corrected chi connectivity index (χ3v) is 4.13. The molecule has 2 rings (SSSR count). The molecule has 1 aromatic rings. The van der Waals surface area contributed by atoms with Crippen LogP contribution in [0.25, 0.3) is 0 Å². The van der Waals surface area contributed by atoms with E-state index in [1.807, 2.05) is 6.92 Å². The van der Waals surface area contributed by atoms with E-state index in [2.05, 4.69) is 5.32 Å². The van der Waals surface area contributed by atoms with Gasteiger partial charge < -0.3 is 20.1 Å². The van der Waals surface area contributed by atoms with E-state index in [9.17, 15) is 14.4 Å². The largest absolute Gasteiger partial charge is 0.482 e. The Labute approximate surface area is 147 Å². The summed E-state index contributed by atoms with van der Waals surface area (Å²) in [5.41, 5.74) is 0.873. The average Bonchev–Trinajstić information content (AvgIpc) is 2.78. The molecule has 1 fully saturated rings. The maximum absolute atomic E-state index is 12.2. The Morgan fingerprint density at radius 1 is 1.24 bits per heavy atom. The number of benzene rings is 1. The predicted octanol–water partition coefficient (Wildman–Crippen LogP) is 1.73. The summed E-state index contributed by atoms with van der Waals surface area (Å²) in [6, 6.07) is 6.67. The summed E-state index contributed by atoms with van der Waals surface area (Å²) in [5.74, 6) is -0.721. The summed E-state index contributed by atoms with van der Waals surface area (Å²) >= 11 is 0. The van der Waals surface area contributed by atoms with Crippen LogP contribution >= 0.6 is 0 Å². The number of aliphatic carboxylic acids is 1. The standard InChI is InChI=1S/C18H24N2O5/c1-13(14-6-8-15(9-7-14)25-12-18(23)24)19-16(21)11-20-10-4-2-3-5-17(20)22/h6-9,13H,2-5,10-12H2,1H3,(H,19,21)(H,23,24). The number of hydrogen-bond donors (Lipinski definition) is 2. The highest BCUT2D eigenvalue weighted by Crippen LogP contribution is 2.18. The number of carbonyl (C=O) groups is 3. The second-order valence-electron chi connectivity index (χ2n) is 6.17. The summed E-state index contributed by atoms with van der Waals surface area (Å²) in [4.78, 5) is 36.2. The van der Waals surface area contributed by atoms with Gasteiger partial charge in [-0.3, -0.25) is 9.59 Å². The molecule has 1 aliphatic rings. The number of nitrogens with zero attached hydrogens (tertiary/aromatic N) is 1. The first kappa shape index (κ1) is 18.8. The molecule has 0 radical (unpaired) electrons. The molecule has 7 nitrogen and oxygen atoms in total. The summed E-state index contributed by atoms with van der Waals surface area (Å²) in [6.07, 6.45) is 3.37. The summed E-state index contributed by atoms with van der Waals surface area (Å²) in [5, 5.41) is 11.5. The molecule has 1 saturated heterocycles. The van der Waals surface area contributed by atoms with Gasteiger partial charge in [0.1, 0.15) is 5.75 Å². The molecule has 0 spiro atoms. The van der Waals surface area contributed by atoms with Crippen LogP contribution < -0.4 is 10.1 Å². The zero-order chi connectivity index (χ0) is 18.2. The third-order valence-electron chi connectivity index (χ3n) is 4.13. The highest BCUT2D eigenvalue weighted by Gasteiger charge is 2.20. The zero-order valence-corrected chi connectivity index (χ0v) is 14.4. The van der Waals surface area contributed by atoms with Crippen LogP contribution in [0.1, 0.15) is 44.2 Å². The van der Waals surface area contributed by atoms with Gasteiger partial charge in [-0.2, -0.15) is 0 Å². The number of likely N-dealkylation sites (tertiary alicyclic amines) is 1. The highest BCUT2D eigenvalue weighted by molar-refractivity contribution is 5.85. The lowest BCUT2D eigenvalue weighted by molar-refractivity contribution is -0.139. The van der Waals surface area contributed by atoms with E-state index in [4.69, 9.17) is 9.84 Å². The second-order valence-corrected chi connectivity index (χ2v) is 6.17. The first-order chi connectivity index (χ1) is 12.0. The smallest absolute Gasteiger partial charge is 0.341 e. The fourth-order valence-corrected chi connectivity index (χ4v) is 2.75. The molecule has 25 heavy (non-hydrogen) atoms. The Morgan fingerprint density at radius 3 is 2.64 bits per heavy atom. The SMILES string of the molecule is CC(NC(=O)CN1CCCCCC1=O)c1ccc(OCC(=O)O)cc1. The molecular weight excluding hydrogens is 324 g/mol. The maximum Gasteiger partial charge on any atom is 0.341 e. The maximum atomic E-state index is 12.2. The lowest BCUT2D eigenvalue weighted by Crippen LogP contribution is -2.41. The quantitative estimate of drug-likeness (QED) is 0.782. The van der Waals surface area contributed by atoms with Gasteiger partial charge in [-0.05, 0) is 37.5 Å². The van der Waals surface area contributed by atoms with Crippen molar-refractivity contribution in [1.29, 1.82) is 0 Å². The van der Waals surface area contributed by atoms with Gasteiger partial charge in [0, 0.05) is 13.0 Å². The summed E-state index contributed by atoms with van der Waals surface area (Å²) in [7, 11) is 0. The van der Waals surface area contributed by atoms with Gasteiger partial charge in [-0.25, -0.2) is 4.79 Å². The molecule has 1 atom stereocenters. The first-order valence-electron chi connectivity index (χ1n) is 8.47. The molecule has 0 saturated carbocycles. The van der Waals surface area contributed by atoms with Crippen molar-refractivity contribution in [2.45, 2.75) is 38.6 Å². The monoisotopic (exact) mass is 348 g/mol. The Morgan fingerprint density at radius 2 is 1.96 bits per heavy atom. The number of hydrogen-bond acceptors (Lipinski definition) is 4. The van der Waals surface area contributed by atoms with E-state index in [-0.39, 0.29) is 24.4 Å². The fraction of sp³-hybridized carbons (Fsp3) is 0.500. The van der Waals surface area contributed by atoms with E-state index >= 15 is 0 Å². The van der Waals surface area contributed by atoms with E-state index in [0.29, 0.717) is 18.7 Å². The number of ether oxygens (including phenoxy) is 1. The van der Waals surface area contributed by atoms with Gasteiger partial charge in [0.15, 0.2) is 6.61 Å². The third kappa shape index (κ3) is 6.10. The van der Waals surface area contributed by atoms with E-state index in [0.717, 1.165) is 24.8 Å². The van der Waals surface area contributed by atoms with Gasteiger partial charge >= 0.3 is 5.97 Å². The van der Waals surface area contributed by atoms with Crippen molar-refractivity contribution < 1.29 is 24.2 Å². The van der Waals surface area contributed by atoms with Crippen molar-refractivity contribution in [2.24, 2.45) is 0 Å². The highest BCUT2D eigenvalue weighted by atomic mass is 16.5. The molecule has 1 heterocycles. The molecule has 1 aromatic carbocycles. The molecule has 7 heteroatoms. The van der Waals surface area contributed by atoms with E-state index < -0.39 is 12.6 Å². The molecule has 2 amide bonds. The van der Waals surface area contributed by atoms with Gasteiger partial charge in [-0.15, -0.1) is 0 Å². The Balaban J connectivity index is 1.85. The first-order valence-corrected chi connectivity index (χ1v) is 8.47. The molecule has 1 aliphatic heterocycles. The van der Waals surface area contributed by atoms with Crippen molar-refractivity contribution in [2.75, 3.05) is 19.7 Å². The number of carboxylic acid groups (broad SMARTS) is 1. The molecule has 1 unspecified atom stereocenters. The Bertz CT molecular complexity index is 614. The number of amides is 2. The Kier molecular flexibility index (Phi) is 6.80. The molecular formula is C18H24N2O5. The van der Waals surface area contributed by atoms with Gasteiger partial charge in [-0.1, -0.05) is 18.6 Å². The van der Waals surface area contributed by atoms with E-state index in [1.54, 1.807) is 29.2 Å². The minimum Gasteiger partial charge on any atom is -0.482 e. The number of carbonyl (C=O) groups excluding carboxylic acids is 2. The number of rotatable bonds is 7. The molecule has 0 aromatic heterocycles. The Hall–Kier alpha value is -2.57. The zero-order valence-electron chi connectivity index (χ0n) is 14.4. The van der Waals surface area contributed by atoms with Gasteiger partial charge in [0.2, 0.25) is 11.8 Å². The topological polar surface area (TPSA) is 95.9 Å². The van der Waals surface area contributed by atoms with Crippen LogP contribution in [-0.4, -0.2) is 47.5 Å². The van der Waals surface area contributed by atoms with Crippen LogP contribution in [0.2, 0.25) is 0 Å². The van der Waals surface area contributed by atoms with Crippen molar-refractivity contribution in [1.82, 2.24) is 10.2 Å². The molecule has 0 aliphatic carbocycles. The minimum absolute atomic E-state index is 0.0419. The second kappa shape index (κ2) is 9.05. The van der Waals surface area contributed by atoms with Crippen LogP contribution in [0.3, 0.4) is 0 Å². The lowest BCUT2D eigenvalue weighted by Gasteiger charge is -2.22. The van der Waals surface area contributed by atoms with Crippen LogP contribution in [-0.2, 0) is 14.4 Å². The molecule has 136 valence electrons. The van der Waals surface area contributed by atoms with Crippen LogP contribution in [0.5, 0.6) is 5.75 Å². The minimum atomic E-state index is -1.03. The predicted molar refractivity (Wildman–Crippen MR) is 91.2 cm³/mol. The van der Waals surface area contributed by atoms with Crippen molar-refractivity contribution >= 4 is 17.8 Å². The fourth-order valence-electron chi connectivity index (χ4n) is 2.75. The van der Waals surface area contributed by atoms with Crippen molar-refractivity contribution in [3.05, 3.63) is 29.8 Å². The van der Waals surface area contributed by atoms with E-state index in [1.165, 1.54) is 0 Å². The van der Waals surface area contributed by atoms with Crippen LogP contribution in [0, 0.1) is 0 Å². The normalized spacial score (nSPS) is 16.0. The lowest BCUT2D eigenvalue weighted by atomic mass is 10.1. The van der Waals surface area contributed by atoms with Crippen LogP contribution in [0.15, 0.2) is 24.3 Å². The van der Waals surface area contributed by atoms with Crippen molar-refractivity contribution in [3.63, 3.8) is 0 Å². The number of nitrogens with one attached hydrogen (secondary N) is 1. The average molecular weight is 348 g/mol. The van der Waals surface area contributed by atoms with Crippen molar-refractivity contribution in [3.8, 4) is 5.75 Å². The van der Waals surface area contributed by atoms with Gasteiger partial charge in [0.25, 0.3) is 0 Å². The summed E-state index contributed by atoms with van der Waals surface area (Å²) in [6.45, 7) is 2.18. The molecule has 2 N–H and O–H groups in total. The number of carboxylic acids is 1. The van der Waals surface area contributed by atoms with Crippen LogP contribution in [0.4, 0.5) is 0 Å².